The van der Waals surface area contributed by atoms with E-state index in [2.05, 4.69) is 23.7 Å². The Kier molecular flexibility index (Phi) is 4.70. The standard InChI is InChI=1S/C22H24N2O3/c1-14-9-15(2)12-24(11-14)13-18-19(25)4-3-17-21(26)20(27-22(17)18)10-16-5-7-23-8-6-16/h3-8,10,14-15,25H,9,11-13H2,1-2H3/t14-,15+. The number of ketones is 1. The van der Waals surface area contributed by atoms with Gasteiger partial charge in [0.1, 0.15) is 11.5 Å². The topological polar surface area (TPSA) is 62.7 Å². The maximum absolute atomic E-state index is 12.8. The number of nitrogens with zero attached hydrogens (tertiary/aromatic N) is 2. The minimum atomic E-state index is -0.150. The number of rotatable bonds is 3. The first-order chi connectivity index (χ1) is 13.0. The predicted molar refractivity (Wildman–Crippen MR) is 104 cm³/mol. The highest BCUT2D eigenvalue weighted by atomic mass is 16.5. The molecule has 3 heterocycles. The van der Waals surface area contributed by atoms with Crippen LogP contribution in [0.25, 0.3) is 6.08 Å². The number of pyridine rings is 1. The molecule has 1 aromatic carbocycles. The first kappa shape index (κ1) is 17.7. The number of hydrogen-bond acceptors (Lipinski definition) is 5. The van der Waals surface area contributed by atoms with Gasteiger partial charge in [-0.25, -0.2) is 0 Å². The van der Waals surface area contributed by atoms with Gasteiger partial charge in [-0.1, -0.05) is 13.8 Å². The summed E-state index contributed by atoms with van der Waals surface area (Å²) in [5.41, 5.74) is 2.06. The first-order valence-corrected chi connectivity index (χ1v) is 9.42. The number of fused-ring (bicyclic) bond motifs is 1. The summed E-state index contributed by atoms with van der Waals surface area (Å²) in [6.45, 7) is 7.07. The summed E-state index contributed by atoms with van der Waals surface area (Å²) in [4.78, 5) is 19.1. The van der Waals surface area contributed by atoms with Crippen LogP contribution in [-0.4, -0.2) is 33.9 Å². The van der Waals surface area contributed by atoms with E-state index in [-0.39, 0.29) is 17.3 Å². The van der Waals surface area contributed by atoms with Gasteiger partial charge in [-0.15, -0.1) is 0 Å². The number of carbonyl (C=O) groups excluding carboxylic acids is 1. The molecule has 4 rings (SSSR count). The predicted octanol–water partition coefficient (Wildman–Crippen LogP) is 3.88. The van der Waals surface area contributed by atoms with Gasteiger partial charge in [0.2, 0.25) is 5.78 Å². The largest absolute Gasteiger partial charge is 0.507 e. The molecule has 0 radical (unpaired) electrons. The van der Waals surface area contributed by atoms with E-state index in [0.29, 0.717) is 35.3 Å². The Morgan fingerprint density at radius 3 is 2.59 bits per heavy atom. The Balaban J connectivity index is 1.64. The van der Waals surface area contributed by atoms with Crippen LogP contribution in [0.3, 0.4) is 0 Å². The summed E-state index contributed by atoms with van der Waals surface area (Å²) in [6, 6.07) is 6.88. The summed E-state index contributed by atoms with van der Waals surface area (Å²) in [5.74, 6) is 2.05. The molecule has 0 spiro atoms. The number of Topliss-reactive ketones (excluding diaryl/α,β-unsaturated/α-hetero) is 1. The smallest absolute Gasteiger partial charge is 0.231 e. The molecule has 27 heavy (non-hydrogen) atoms. The number of likely N-dealkylation sites (tertiary alicyclic amines) is 1. The number of phenolic OH excluding ortho intramolecular Hbond substituents is 1. The molecule has 0 bridgehead atoms. The number of aromatic nitrogens is 1. The van der Waals surface area contributed by atoms with Crippen molar-refractivity contribution in [1.82, 2.24) is 9.88 Å². The van der Waals surface area contributed by atoms with Crippen molar-refractivity contribution in [3.05, 3.63) is 59.1 Å². The summed E-state index contributed by atoms with van der Waals surface area (Å²) < 4.78 is 5.93. The van der Waals surface area contributed by atoms with Crippen LogP contribution >= 0.6 is 0 Å². The fourth-order valence-corrected chi connectivity index (χ4v) is 4.21. The number of hydrogen-bond donors (Lipinski definition) is 1. The average molecular weight is 364 g/mol. The Morgan fingerprint density at radius 2 is 1.89 bits per heavy atom. The third-order valence-corrected chi connectivity index (χ3v) is 5.25. The molecule has 2 aliphatic rings. The highest BCUT2D eigenvalue weighted by Gasteiger charge is 2.32. The second-order valence-electron chi connectivity index (χ2n) is 7.80. The molecule has 2 atom stereocenters. The summed E-state index contributed by atoms with van der Waals surface area (Å²) in [7, 11) is 0. The molecule has 140 valence electrons. The van der Waals surface area contributed by atoms with Gasteiger partial charge in [-0.2, -0.15) is 0 Å². The third-order valence-electron chi connectivity index (χ3n) is 5.25. The second-order valence-corrected chi connectivity index (χ2v) is 7.80. The van der Waals surface area contributed by atoms with E-state index in [9.17, 15) is 9.90 Å². The van der Waals surface area contributed by atoms with E-state index in [0.717, 1.165) is 18.7 Å². The van der Waals surface area contributed by atoms with Gasteiger partial charge in [0.25, 0.3) is 0 Å². The first-order valence-electron chi connectivity index (χ1n) is 9.42. The SMILES string of the molecule is C[C@@H]1C[C@H](C)CN(Cc2c(O)ccc3c2OC(=Cc2ccncc2)C3=O)C1. The summed E-state index contributed by atoms with van der Waals surface area (Å²) >= 11 is 0. The van der Waals surface area contributed by atoms with E-state index in [4.69, 9.17) is 4.74 Å². The Labute approximate surface area is 159 Å². The number of aromatic hydroxyl groups is 1. The van der Waals surface area contributed by atoms with E-state index >= 15 is 0 Å². The number of phenols is 1. The second kappa shape index (κ2) is 7.16. The molecule has 5 nitrogen and oxygen atoms in total. The van der Waals surface area contributed by atoms with Crippen LogP contribution in [0.4, 0.5) is 0 Å². The Hall–Kier alpha value is -2.66. The third kappa shape index (κ3) is 3.60. The number of ether oxygens (including phenoxy) is 1. The lowest BCUT2D eigenvalue weighted by molar-refractivity contribution is 0.101. The summed E-state index contributed by atoms with van der Waals surface area (Å²) in [5, 5.41) is 10.5. The fraction of sp³-hybridized carbons (Fsp3) is 0.364. The van der Waals surface area contributed by atoms with Crippen LogP contribution in [0.1, 0.15) is 41.8 Å². The number of allylic oxidation sites excluding steroid dienone is 1. The highest BCUT2D eigenvalue weighted by molar-refractivity contribution is 6.14. The van der Waals surface area contributed by atoms with Crippen LogP contribution in [0.15, 0.2) is 42.4 Å². The molecule has 0 unspecified atom stereocenters. The van der Waals surface area contributed by atoms with Crippen LogP contribution in [0.2, 0.25) is 0 Å². The van der Waals surface area contributed by atoms with Gasteiger partial charge in [0, 0.05) is 32.0 Å². The lowest BCUT2D eigenvalue weighted by Crippen LogP contribution is -2.38. The van der Waals surface area contributed by atoms with Crippen LogP contribution in [-0.2, 0) is 6.54 Å². The molecule has 1 saturated heterocycles. The maximum Gasteiger partial charge on any atom is 0.231 e. The van der Waals surface area contributed by atoms with E-state index in [1.54, 1.807) is 30.6 Å². The van der Waals surface area contributed by atoms with E-state index in [1.165, 1.54) is 6.42 Å². The zero-order valence-electron chi connectivity index (χ0n) is 15.7. The van der Waals surface area contributed by atoms with E-state index in [1.807, 2.05) is 12.1 Å². The normalized spacial score (nSPS) is 24.1. The molecule has 0 amide bonds. The van der Waals surface area contributed by atoms with Gasteiger partial charge in [-0.05, 0) is 54.2 Å². The van der Waals surface area contributed by atoms with Gasteiger partial charge in [0.15, 0.2) is 5.76 Å². The molecular weight excluding hydrogens is 340 g/mol. The Bertz CT molecular complexity index is 882. The van der Waals surface area contributed by atoms with Crippen molar-refractivity contribution in [2.45, 2.75) is 26.8 Å². The molecule has 1 fully saturated rings. The number of piperidine rings is 1. The van der Waals surface area contributed by atoms with Crippen molar-refractivity contribution in [2.24, 2.45) is 11.8 Å². The number of carbonyl (C=O) groups is 1. The van der Waals surface area contributed by atoms with Gasteiger partial charge in [-0.3, -0.25) is 14.7 Å². The van der Waals surface area contributed by atoms with Crippen LogP contribution in [0.5, 0.6) is 11.5 Å². The monoisotopic (exact) mass is 364 g/mol. The molecule has 2 aliphatic heterocycles. The van der Waals surface area contributed by atoms with Crippen molar-refractivity contribution in [3.8, 4) is 11.5 Å². The zero-order valence-corrected chi connectivity index (χ0v) is 15.7. The highest BCUT2D eigenvalue weighted by Crippen LogP contribution is 2.40. The number of benzene rings is 1. The van der Waals surface area contributed by atoms with E-state index < -0.39 is 0 Å². The van der Waals surface area contributed by atoms with Gasteiger partial charge < -0.3 is 9.84 Å². The minimum Gasteiger partial charge on any atom is -0.507 e. The quantitative estimate of drug-likeness (QED) is 0.838. The van der Waals surface area contributed by atoms with Crippen molar-refractivity contribution < 1.29 is 14.6 Å². The van der Waals surface area contributed by atoms with Gasteiger partial charge in [0.05, 0.1) is 11.1 Å². The van der Waals surface area contributed by atoms with Crippen molar-refractivity contribution >= 4 is 11.9 Å². The van der Waals surface area contributed by atoms with Crippen LogP contribution < -0.4 is 4.74 Å². The molecular formula is C22H24N2O3. The molecule has 1 N–H and O–H groups in total. The fourth-order valence-electron chi connectivity index (χ4n) is 4.21. The lowest BCUT2D eigenvalue weighted by atomic mass is 9.91. The zero-order chi connectivity index (χ0) is 19.0. The molecule has 5 heteroatoms. The van der Waals surface area contributed by atoms with Crippen molar-refractivity contribution in [1.29, 1.82) is 0 Å². The van der Waals surface area contributed by atoms with Crippen molar-refractivity contribution in [3.63, 3.8) is 0 Å². The molecule has 0 saturated carbocycles. The average Bonchev–Trinajstić information content (AvgIpc) is 2.94. The van der Waals surface area contributed by atoms with Crippen molar-refractivity contribution in [2.75, 3.05) is 13.1 Å². The minimum absolute atomic E-state index is 0.150. The molecule has 2 aromatic rings. The maximum atomic E-state index is 12.8. The van der Waals surface area contributed by atoms with Gasteiger partial charge >= 0.3 is 0 Å². The molecule has 1 aromatic heterocycles. The van der Waals surface area contributed by atoms with Crippen LogP contribution in [0, 0.1) is 11.8 Å². The Morgan fingerprint density at radius 1 is 1.19 bits per heavy atom. The molecule has 0 aliphatic carbocycles. The lowest BCUT2D eigenvalue weighted by Gasteiger charge is -2.35. The summed E-state index contributed by atoms with van der Waals surface area (Å²) in [6.07, 6.45) is 6.29.